The lowest BCUT2D eigenvalue weighted by molar-refractivity contribution is -0.139. The van der Waals surface area contributed by atoms with Gasteiger partial charge >= 0.3 is 12.0 Å². The van der Waals surface area contributed by atoms with Gasteiger partial charge in [0.2, 0.25) is 0 Å². The van der Waals surface area contributed by atoms with Crippen LogP contribution in [-0.4, -0.2) is 54.2 Å². The standard InChI is InChI=1S/C12H23N3O3/c1-2-3-5-10(11(16)17)14-12(18)15-8-4-6-13-7-9-15/h10,13H,2-9H2,1H3,(H,14,18)(H,16,17)/t10-/m0/s1. The summed E-state index contributed by atoms with van der Waals surface area (Å²) in [6.07, 6.45) is 3.12. The number of hydrogen-bond donors (Lipinski definition) is 3. The molecule has 0 aromatic carbocycles. The zero-order valence-corrected chi connectivity index (χ0v) is 10.9. The van der Waals surface area contributed by atoms with E-state index in [0.29, 0.717) is 19.5 Å². The largest absolute Gasteiger partial charge is 0.480 e. The van der Waals surface area contributed by atoms with Crippen molar-refractivity contribution < 1.29 is 14.7 Å². The number of unbranched alkanes of at least 4 members (excludes halogenated alkanes) is 1. The molecule has 1 heterocycles. The summed E-state index contributed by atoms with van der Waals surface area (Å²) in [5.74, 6) is -0.954. The normalized spacial score (nSPS) is 17.9. The summed E-state index contributed by atoms with van der Waals surface area (Å²) in [7, 11) is 0. The van der Waals surface area contributed by atoms with Crippen molar-refractivity contribution in [2.75, 3.05) is 26.2 Å². The molecule has 104 valence electrons. The Labute approximate surface area is 108 Å². The monoisotopic (exact) mass is 257 g/mol. The highest BCUT2D eigenvalue weighted by atomic mass is 16.4. The number of carbonyl (C=O) groups excluding carboxylic acids is 1. The van der Waals surface area contributed by atoms with E-state index in [1.165, 1.54) is 0 Å². The Kier molecular flexibility index (Phi) is 6.49. The van der Waals surface area contributed by atoms with E-state index in [1.807, 2.05) is 6.92 Å². The van der Waals surface area contributed by atoms with E-state index < -0.39 is 12.0 Å². The smallest absolute Gasteiger partial charge is 0.326 e. The van der Waals surface area contributed by atoms with Crippen LogP contribution in [0.25, 0.3) is 0 Å². The van der Waals surface area contributed by atoms with Crippen molar-refractivity contribution in [1.29, 1.82) is 0 Å². The molecular formula is C12H23N3O3. The van der Waals surface area contributed by atoms with Crippen LogP contribution in [0.3, 0.4) is 0 Å². The predicted molar refractivity (Wildman–Crippen MR) is 68.5 cm³/mol. The van der Waals surface area contributed by atoms with Gasteiger partial charge < -0.3 is 20.6 Å². The molecule has 0 aliphatic carbocycles. The maximum atomic E-state index is 12.0. The van der Waals surface area contributed by atoms with E-state index >= 15 is 0 Å². The zero-order valence-electron chi connectivity index (χ0n) is 10.9. The van der Waals surface area contributed by atoms with Crippen molar-refractivity contribution in [3.05, 3.63) is 0 Å². The van der Waals surface area contributed by atoms with Crippen LogP contribution < -0.4 is 10.6 Å². The highest BCUT2D eigenvalue weighted by molar-refractivity contribution is 5.82. The third-order valence-electron chi connectivity index (χ3n) is 3.07. The van der Waals surface area contributed by atoms with Gasteiger partial charge in [0.15, 0.2) is 0 Å². The third-order valence-corrected chi connectivity index (χ3v) is 3.07. The van der Waals surface area contributed by atoms with Crippen LogP contribution >= 0.6 is 0 Å². The number of hydrogen-bond acceptors (Lipinski definition) is 3. The number of carbonyl (C=O) groups is 2. The van der Waals surface area contributed by atoms with Crippen LogP contribution in [0.1, 0.15) is 32.6 Å². The molecule has 1 atom stereocenters. The lowest BCUT2D eigenvalue weighted by atomic mass is 10.1. The Morgan fingerprint density at radius 3 is 2.83 bits per heavy atom. The second-order valence-electron chi connectivity index (χ2n) is 4.57. The fourth-order valence-corrected chi connectivity index (χ4v) is 1.95. The van der Waals surface area contributed by atoms with Gasteiger partial charge in [0.1, 0.15) is 6.04 Å². The van der Waals surface area contributed by atoms with Crippen molar-refractivity contribution >= 4 is 12.0 Å². The van der Waals surface area contributed by atoms with E-state index in [0.717, 1.165) is 32.4 Å². The second kappa shape index (κ2) is 7.92. The first kappa shape index (κ1) is 14.8. The number of carboxylic acid groups (broad SMARTS) is 1. The highest BCUT2D eigenvalue weighted by Crippen LogP contribution is 2.03. The molecule has 1 rings (SSSR count). The van der Waals surface area contributed by atoms with E-state index in [2.05, 4.69) is 10.6 Å². The first-order valence-electron chi connectivity index (χ1n) is 6.64. The Hall–Kier alpha value is -1.30. The van der Waals surface area contributed by atoms with Crippen molar-refractivity contribution in [2.24, 2.45) is 0 Å². The Morgan fingerprint density at radius 2 is 2.17 bits per heavy atom. The summed E-state index contributed by atoms with van der Waals surface area (Å²) < 4.78 is 0. The van der Waals surface area contributed by atoms with Gasteiger partial charge in [-0.2, -0.15) is 0 Å². The van der Waals surface area contributed by atoms with Crippen LogP contribution in [0.15, 0.2) is 0 Å². The average molecular weight is 257 g/mol. The number of nitrogens with zero attached hydrogens (tertiary/aromatic N) is 1. The van der Waals surface area contributed by atoms with Crippen LogP contribution in [0.2, 0.25) is 0 Å². The SMILES string of the molecule is CCCC[C@H](NC(=O)N1CCCNCC1)C(=O)O. The number of rotatable bonds is 5. The Balaban J connectivity index is 2.45. The molecule has 0 saturated carbocycles. The molecule has 1 fully saturated rings. The van der Waals surface area contributed by atoms with E-state index in [1.54, 1.807) is 4.90 Å². The average Bonchev–Trinajstić information content (AvgIpc) is 2.62. The minimum Gasteiger partial charge on any atom is -0.480 e. The predicted octanol–water partition coefficient (Wildman–Crippen LogP) is 0.635. The van der Waals surface area contributed by atoms with Gasteiger partial charge in [-0.25, -0.2) is 9.59 Å². The molecule has 1 aliphatic heterocycles. The molecule has 0 unspecified atom stereocenters. The lowest BCUT2D eigenvalue weighted by Crippen LogP contribution is -2.48. The zero-order chi connectivity index (χ0) is 13.4. The minimum atomic E-state index is -0.954. The van der Waals surface area contributed by atoms with Gasteiger partial charge in [-0.15, -0.1) is 0 Å². The van der Waals surface area contributed by atoms with Crippen LogP contribution in [0, 0.1) is 0 Å². The molecule has 0 bridgehead atoms. The van der Waals surface area contributed by atoms with Crippen molar-refractivity contribution in [3.63, 3.8) is 0 Å². The first-order chi connectivity index (χ1) is 8.65. The van der Waals surface area contributed by atoms with Crippen molar-refractivity contribution in [2.45, 2.75) is 38.6 Å². The first-order valence-corrected chi connectivity index (χ1v) is 6.64. The fraction of sp³-hybridized carbons (Fsp3) is 0.833. The second-order valence-corrected chi connectivity index (χ2v) is 4.57. The number of urea groups is 1. The van der Waals surface area contributed by atoms with Crippen LogP contribution in [-0.2, 0) is 4.79 Å². The maximum absolute atomic E-state index is 12.0. The molecule has 0 spiro atoms. The molecule has 0 radical (unpaired) electrons. The van der Waals surface area contributed by atoms with Gasteiger partial charge in [0.05, 0.1) is 0 Å². The van der Waals surface area contributed by atoms with Crippen LogP contribution in [0.5, 0.6) is 0 Å². The molecule has 1 saturated heterocycles. The highest BCUT2D eigenvalue weighted by Gasteiger charge is 2.22. The third kappa shape index (κ3) is 4.91. The van der Waals surface area contributed by atoms with Crippen LogP contribution in [0.4, 0.5) is 4.79 Å². The summed E-state index contributed by atoms with van der Waals surface area (Å²) in [4.78, 5) is 24.7. The number of aliphatic carboxylic acids is 1. The number of amides is 2. The molecule has 2 amide bonds. The summed E-state index contributed by atoms with van der Waals surface area (Å²) in [5.41, 5.74) is 0. The van der Waals surface area contributed by atoms with Gasteiger partial charge in [0, 0.05) is 19.6 Å². The molecule has 1 aliphatic rings. The fourth-order valence-electron chi connectivity index (χ4n) is 1.95. The van der Waals surface area contributed by atoms with E-state index in [-0.39, 0.29) is 6.03 Å². The molecule has 0 aromatic heterocycles. The maximum Gasteiger partial charge on any atom is 0.326 e. The molecule has 0 aromatic rings. The summed E-state index contributed by atoms with van der Waals surface area (Å²) >= 11 is 0. The Morgan fingerprint density at radius 1 is 1.39 bits per heavy atom. The van der Waals surface area contributed by atoms with E-state index in [9.17, 15) is 9.59 Å². The van der Waals surface area contributed by atoms with E-state index in [4.69, 9.17) is 5.11 Å². The molecule has 18 heavy (non-hydrogen) atoms. The van der Waals surface area contributed by atoms with Gasteiger partial charge in [0.25, 0.3) is 0 Å². The summed E-state index contributed by atoms with van der Waals surface area (Å²) in [6.45, 7) is 4.98. The number of carboxylic acids is 1. The van der Waals surface area contributed by atoms with Gasteiger partial charge in [-0.1, -0.05) is 19.8 Å². The van der Waals surface area contributed by atoms with Gasteiger partial charge in [-0.05, 0) is 19.4 Å². The molecular weight excluding hydrogens is 234 g/mol. The molecule has 6 nitrogen and oxygen atoms in total. The summed E-state index contributed by atoms with van der Waals surface area (Å²) in [6, 6.07) is -1.03. The van der Waals surface area contributed by atoms with Crippen molar-refractivity contribution in [1.82, 2.24) is 15.5 Å². The molecule has 6 heteroatoms. The Bertz CT molecular complexity index is 276. The molecule has 3 N–H and O–H groups in total. The number of nitrogens with one attached hydrogen (secondary N) is 2. The van der Waals surface area contributed by atoms with Crippen molar-refractivity contribution in [3.8, 4) is 0 Å². The minimum absolute atomic E-state index is 0.262. The quantitative estimate of drug-likeness (QED) is 0.675. The topological polar surface area (TPSA) is 81.7 Å². The summed E-state index contributed by atoms with van der Waals surface area (Å²) in [5, 5.41) is 14.9. The van der Waals surface area contributed by atoms with Gasteiger partial charge in [-0.3, -0.25) is 0 Å². The lowest BCUT2D eigenvalue weighted by Gasteiger charge is -2.23.